The first-order chi connectivity index (χ1) is 12.8. The fraction of sp³-hybridized carbons (Fsp3) is 0.176. The van der Waals surface area contributed by atoms with Crippen molar-refractivity contribution >= 4 is 23.0 Å². The molecular formula is C17H18F2O8S. The van der Waals surface area contributed by atoms with Crippen molar-refractivity contribution in [3.63, 3.8) is 0 Å². The number of aromatic hydroxyl groups is 1. The molecule has 0 radical (unpaired) electrons. The van der Waals surface area contributed by atoms with Crippen LogP contribution in [0.2, 0.25) is 0 Å². The molecule has 11 heteroatoms. The molecule has 0 unspecified atom stereocenters. The molecule has 2 rings (SSSR count). The Morgan fingerprint density at radius 2 is 1.29 bits per heavy atom. The number of benzene rings is 2. The Kier molecular flexibility index (Phi) is 9.92. The highest BCUT2D eigenvalue weighted by molar-refractivity contribution is 7.79. The lowest BCUT2D eigenvalue weighted by Gasteiger charge is -2.04. The average Bonchev–Trinajstić information content (AvgIpc) is 2.57. The van der Waals surface area contributed by atoms with Crippen LogP contribution in [0, 0.1) is 25.5 Å². The van der Waals surface area contributed by atoms with E-state index in [1.54, 1.807) is 13.8 Å². The minimum absolute atomic E-state index is 0.0254. The molecule has 0 spiro atoms. The first-order valence-corrected chi connectivity index (χ1v) is 8.67. The number of phenolic OH excluding ortho intramolecular Hbond substituents is 1. The van der Waals surface area contributed by atoms with Crippen molar-refractivity contribution in [1.29, 1.82) is 0 Å². The van der Waals surface area contributed by atoms with E-state index in [4.69, 9.17) is 27.4 Å². The van der Waals surface area contributed by atoms with Gasteiger partial charge in [-0.2, -0.15) is 8.42 Å². The van der Waals surface area contributed by atoms with E-state index in [1.807, 2.05) is 0 Å². The van der Waals surface area contributed by atoms with E-state index in [0.717, 1.165) is 12.1 Å². The summed E-state index contributed by atoms with van der Waals surface area (Å²) in [4.78, 5) is 20.5. The first kappa shape index (κ1) is 25.1. The molecule has 0 atom stereocenters. The number of ether oxygens (including phenoxy) is 1. The summed E-state index contributed by atoms with van der Waals surface area (Å²) >= 11 is 0. The van der Waals surface area contributed by atoms with Crippen LogP contribution >= 0.6 is 0 Å². The van der Waals surface area contributed by atoms with Gasteiger partial charge in [0.2, 0.25) is 0 Å². The highest BCUT2D eigenvalue weighted by Gasteiger charge is 2.06. The Hall–Kier alpha value is -2.89. The van der Waals surface area contributed by atoms with Crippen molar-refractivity contribution in [2.24, 2.45) is 0 Å². The number of aryl methyl sites for hydroxylation is 2. The number of rotatable bonds is 3. The van der Waals surface area contributed by atoms with E-state index >= 15 is 0 Å². The summed E-state index contributed by atoms with van der Waals surface area (Å²) in [5.74, 6) is -0.648. The van der Waals surface area contributed by atoms with Crippen LogP contribution in [0.25, 0.3) is 0 Å². The van der Waals surface area contributed by atoms with E-state index in [9.17, 15) is 18.4 Å². The van der Waals surface area contributed by atoms with Gasteiger partial charge >= 0.3 is 10.4 Å². The molecule has 0 aliphatic heterocycles. The van der Waals surface area contributed by atoms with Crippen LogP contribution in [0.1, 0.15) is 31.8 Å². The number of halogens is 2. The highest BCUT2D eigenvalue weighted by Crippen LogP contribution is 2.21. The minimum atomic E-state index is -4.67. The Balaban J connectivity index is 0.000000424. The van der Waals surface area contributed by atoms with Gasteiger partial charge in [-0.25, -0.2) is 8.78 Å². The number of carbonyl (C=O) groups excluding carboxylic acids is 2. The number of carbonyl (C=O) groups is 2. The molecule has 0 aromatic heterocycles. The van der Waals surface area contributed by atoms with E-state index in [-0.39, 0.29) is 16.9 Å². The van der Waals surface area contributed by atoms with Crippen LogP contribution in [-0.2, 0) is 10.4 Å². The highest BCUT2D eigenvalue weighted by atomic mass is 32.3. The maximum Gasteiger partial charge on any atom is 0.394 e. The zero-order valence-corrected chi connectivity index (χ0v) is 15.8. The Morgan fingerprint density at radius 1 is 0.893 bits per heavy atom. The fourth-order valence-corrected chi connectivity index (χ4v) is 1.75. The lowest BCUT2D eigenvalue weighted by Crippen LogP contribution is -1.93. The molecular weight excluding hydrogens is 402 g/mol. The molecule has 8 nitrogen and oxygen atoms in total. The molecule has 0 saturated heterocycles. The van der Waals surface area contributed by atoms with Gasteiger partial charge in [0, 0.05) is 0 Å². The van der Waals surface area contributed by atoms with E-state index in [2.05, 4.69) is 0 Å². The number of aldehydes is 2. The summed E-state index contributed by atoms with van der Waals surface area (Å²) in [6.07, 6.45) is 0.839. The predicted octanol–water partition coefficient (Wildman–Crippen LogP) is 2.95. The second kappa shape index (κ2) is 11.1. The fourth-order valence-electron chi connectivity index (χ4n) is 1.75. The third kappa shape index (κ3) is 9.16. The van der Waals surface area contributed by atoms with Crippen molar-refractivity contribution < 1.29 is 45.7 Å². The molecule has 0 fully saturated rings. The number of methoxy groups -OCH3 is 1. The number of phenols is 1. The van der Waals surface area contributed by atoms with Crippen LogP contribution in [0.4, 0.5) is 8.78 Å². The molecule has 0 bridgehead atoms. The first-order valence-electron chi connectivity index (χ1n) is 7.27. The largest absolute Gasteiger partial charge is 0.508 e. The van der Waals surface area contributed by atoms with Crippen molar-refractivity contribution in [1.82, 2.24) is 0 Å². The molecule has 0 aliphatic carbocycles. The monoisotopic (exact) mass is 420 g/mol. The van der Waals surface area contributed by atoms with Gasteiger partial charge in [-0.1, -0.05) is 0 Å². The molecule has 28 heavy (non-hydrogen) atoms. The lowest BCUT2D eigenvalue weighted by atomic mass is 10.1. The van der Waals surface area contributed by atoms with Crippen LogP contribution < -0.4 is 4.74 Å². The minimum Gasteiger partial charge on any atom is -0.508 e. The maximum absolute atomic E-state index is 12.9. The van der Waals surface area contributed by atoms with Crippen LogP contribution in [0.15, 0.2) is 24.3 Å². The molecule has 3 N–H and O–H groups in total. The summed E-state index contributed by atoms with van der Waals surface area (Å²) < 4.78 is 62.1. The average molecular weight is 420 g/mol. The Morgan fingerprint density at radius 3 is 1.68 bits per heavy atom. The molecule has 0 aliphatic rings. The van der Waals surface area contributed by atoms with Gasteiger partial charge in [-0.15, -0.1) is 0 Å². The summed E-state index contributed by atoms with van der Waals surface area (Å²) in [6, 6.07) is 4.90. The standard InChI is InChI=1S/C9H9FO2.C8H7FO2.H2O4S/c1-6-3-8(10)7(5-11)4-9(6)12-2;1-5-2-7(9)6(4-10)3-8(5)11;1-5(2,3)4/h3-5H,1-2H3;2-4,11H,1H3;(H2,1,2,3,4). The number of hydrogen-bond donors (Lipinski definition) is 3. The maximum atomic E-state index is 12.9. The van der Waals surface area contributed by atoms with E-state index < -0.39 is 22.0 Å². The van der Waals surface area contributed by atoms with Crippen LogP contribution in [-0.4, -0.2) is 42.3 Å². The summed E-state index contributed by atoms with van der Waals surface area (Å²) in [5, 5.41) is 9.03. The quantitative estimate of drug-likeness (QED) is 0.509. The Labute approximate surface area is 160 Å². The second-order valence-corrected chi connectivity index (χ2v) is 6.08. The van der Waals surface area contributed by atoms with Gasteiger partial charge in [0.1, 0.15) is 23.1 Å². The molecule has 2 aromatic rings. The summed E-state index contributed by atoms with van der Waals surface area (Å²) in [5.41, 5.74) is 1.01. The summed E-state index contributed by atoms with van der Waals surface area (Å²) in [6.45, 7) is 3.28. The molecule has 0 amide bonds. The third-order valence-electron chi connectivity index (χ3n) is 3.08. The van der Waals surface area contributed by atoms with E-state index in [0.29, 0.717) is 29.4 Å². The topological polar surface area (TPSA) is 138 Å². The molecule has 154 valence electrons. The Bertz CT molecular complexity index is 935. The van der Waals surface area contributed by atoms with Crippen LogP contribution in [0.5, 0.6) is 11.5 Å². The third-order valence-corrected chi connectivity index (χ3v) is 3.08. The van der Waals surface area contributed by atoms with Crippen molar-refractivity contribution in [3.8, 4) is 11.5 Å². The van der Waals surface area contributed by atoms with Gasteiger partial charge < -0.3 is 9.84 Å². The normalized spacial score (nSPS) is 9.96. The van der Waals surface area contributed by atoms with Gasteiger partial charge in [-0.3, -0.25) is 18.7 Å². The smallest absolute Gasteiger partial charge is 0.394 e. The summed E-state index contributed by atoms with van der Waals surface area (Å²) in [7, 11) is -3.19. The van der Waals surface area contributed by atoms with Gasteiger partial charge in [0.05, 0.1) is 18.2 Å². The van der Waals surface area contributed by atoms with Gasteiger partial charge in [0.25, 0.3) is 0 Å². The SMILES string of the molecule is COc1cc(C=O)c(F)cc1C.Cc1cc(F)c(C=O)cc1O.O=S(=O)(O)O. The predicted molar refractivity (Wildman–Crippen MR) is 95.4 cm³/mol. The lowest BCUT2D eigenvalue weighted by molar-refractivity contribution is 0.111. The zero-order valence-electron chi connectivity index (χ0n) is 15.0. The van der Waals surface area contributed by atoms with Gasteiger partial charge in [-0.05, 0) is 49.2 Å². The zero-order chi connectivity index (χ0) is 22.1. The van der Waals surface area contributed by atoms with E-state index in [1.165, 1.54) is 19.2 Å². The van der Waals surface area contributed by atoms with Crippen LogP contribution in [0.3, 0.4) is 0 Å². The second-order valence-electron chi connectivity index (χ2n) is 5.19. The molecule has 2 aromatic carbocycles. The van der Waals surface area contributed by atoms with Crippen molar-refractivity contribution in [2.75, 3.05) is 7.11 Å². The van der Waals surface area contributed by atoms with Crippen molar-refractivity contribution in [2.45, 2.75) is 13.8 Å². The number of hydrogen-bond acceptors (Lipinski definition) is 6. The van der Waals surface area contributed by atoms with Gasteiger partial charge in [0.15, 0.2) is 12.6 Å². The molecule has 0 saturated carbocycles. The molecule has 0 heterocycles. The van der Waals surface area contributed by atoms with Crippen molar-refractivity contribution in [3.05, 3.63) is 58.2 Å².